The number of carbonyl (C=O) groups excluding carboxylic acids is 1. The summed E-state index contributed by atoms with van der Waals surface area (Å²) in [6.45, 7) is 0.948. The smallest absolute Gasteiger partial charge is 0.164 e. The van der Waals surface area contributed by atoms with Crippen molar-refractivity contribution < 1.29 is 4.79 Å². The summed E-state index contributed by atoms with van der Waals surface area (Å²) in [5.41, 5.74) is 1.10. The SMILES string of the molecule is O=C1C=CC=C2NCCC12. The second kappa shape index (κ2) is 1.97. The molecule has 1 saturated heterocycles. The molecule has 1 aliphatic carbocycles. The van der Waals surface area contributed by atoms with Crippen molar-refractivity contribution in [3.8, 4) is 0 Å². The predicted molar refractivity (Wildman–Crippen MR) is 38.3 cm³/mol. The van der Waals surface area contributed by atoms with Crippen LogP contribution < -0.4 is 5.32 Å². The Labute approximate surface area is 59.6 Å². The normalized spacial score (nSPS) is 29.4. The number of hydrogen-bond acceptors (Lipinski definition) is 2. The molecule has 2 nitrogen and oxygen atoms in total. The molecular formula is C8H9NO. The van der Waals surface area contributed by atoms with Crippen LogP contribution in [0.25, 0.3) is 0 Å². The van der Waals surface area contributed by atoms with Gasteiger partial charge in [-0.3, -0.25) is 4.79 Å². The predicted octanol–water partition coefficient (Wildman–Crippen LogP) is 0.619. The highest BCUT2D eigenvalue weighted by Gasteiger charge is 2.26. The van der Waals surface area contributed by atoms with Crippen LogP contribution >= 0.6 is 0 Å². The molecule has 1 N–H and O–H groups in total. The average molecular weight is 135 g/mol. The van der Waals surface area contributed by atoms with Crippen LogP contribution in [0.3, 0.4) is 0 Å². The average Bonchev–Trinajstić information content (AvgIpc) is 2.36. The van der Waals surface area contributed by atoms with Crippen molar-refractivity contribution in [3.63, 3.8) is 0 Å². The highest BCUT2D eigenvalue weighted by molar-refractivity contribution is 5.95. The molecule has 2 heteroatoms. The first kappa shape index (κ1) is 5.71. The van der Waals surface area contributed by atoms with Gasteiger partial charge in [0.1, 0.15) is 0 Å². The third kappa shape index (κ3) is 0.685. The Kier molecular flexibility index (Phi) is 1.13. The van der Waals surface area contributed by atoms with Gasteiger partial charge in [0.15, 0.2) is 5.78 Å². The van der Waals surface area contributed by atoms with Gasteiger partial charge in [0.05, 0.1) is 5.92 Å². The summed E-state index contributed by atoms with van der Waals surface area (Å²) >= 11 is 0. The molecule has 0 bridgehead atoms. The third-order valence-corrected chi connectivity index (χ3v) is 2.02. The van der Waals surface area contributed by atoms with E-state index in [0.717, 1.165) is 18.7 Å². The molecule has 0 aromatic rings. The molecule has 52 valence electrons. The van der Waals surface area contributed by atoms with E-state index >= 15 is 0 Å². The molecule has 0 amide bonds. The highest BCUT2D eigenvalue weighted by Crippen LogP contribution is 2.23. The maximum absolute atomic E-state index is 11.1. The van der Waals surface area contributed by atoms with Gasteiger partial charge in [-0.05, 0) is 18.6 Å². The van der Waals surface area contributed by atoms with Crippen molar-refractivity contribution in [2.24, 2.45) is 5.92 Å². The fourth-order valence-corrected chi connectivity index (χ4v) is 1.47. The lowest BCUT2D eigenvalue weighted by Gasteiger charge is -2.09. The van der Waals surface area contributed by atoms with E-state index in [-0.39, 0.29) is 11.7 Å². The lowest BCUT2D eigenvalue weighted by atomic mass is 9.96. The molecule has 1 unspecified atom stereocenters. The molecular weight excluding hydrogens is 126 g/mol. The number of ketones is 1. The number of nitrogens with one attached hydrogen (secondary N) is 1. The van der Waals surface area contributed by atoms with Crippen LogP contribution in [-0.2, 0) is 4.79 Å². The first-order valence-corrected chi connectivity index (χ1v) is 3.54. The molecule has 1 fully saturated rings. The Balaban J connectivity index is 2.33. The first-order valence-electron chi connectivity index (χ1n) is 3.54. The van der Waals surface area contributed by atoms with Crippen LogP contribution in [0, 0.1) is 5.92 Å². The van der Waals surface area contributed by atoms with Gasteiger partial charge in [-0.15, -0.1) is 0 Å². The summed E-state index contributed by atoms with van der Waals surface area (Å²) in [4.78, 5) is 11.1. The molecule has 1 aliphatic heterocycles. The Bertz CT molecular complexity index is 227. The van der Waals surface area contributed by atoms with Crippen LogP contribution in [0.15, 0.2) is 23.9 Å². The van der Waals surface area contributed by atoms with E-state index in [2.05, 4.69) is 5.32 Å². The molecule has 0 aromatic heterocycles. The number of allylic oxidation sites excluding steroid dienone is 4. The highest BCUT2D eigenvalue weighted by atomic mass is 16.1. The molecule has 10 heavy (non-hydrogen) atoms. The van der Waals surface area contributed by atoms with Gasteiger partial charge in [0.25, 0.3) is 0 Å². The lowest BCUT2D eigenvalue weighted by molar-refractivity contribution is -0.117. The number of hydrogen-bond donors (Lipinski definition) is 1. The van der Waals surface area contributed by atoms with Gasteiger partial charge >= 0.3 is 0 Å². The summed E-state index contributed by atoms with van der Waals surface area (Å²) in [5, 5.41) is 3.18. The van der Waals surface area contributed by atoms with Gasteiger partial charge in [-0.1, -0.05) is 6.08 Å². The maximum atomic E-state index is 11.1. The number of carbonyl (C=O) groups is 1. The Morgan fingerprint density at radius 2 is 2.50 bits per heavy atom. The van der Waals surface area contributed by atoms with E-state index in [1.54, 1.807) is 6.08 Å². The topological polar surface area (TPSA) is 29.1 Å². The molecule has 1 heterocycles. The number of rotatable bonds is 0. The zero-order valence-electron chi connectivity index (χ0n) is 5.63. The molecule has 0 saturated carbocycles. The van der Waals surface area contributed by atoms with Crippen molar-refractivity contribution >= 4 is 5.78 Å². The first-order chi connectivity index (χ1) is 4.88. The fraction of sp³-hybridized carbons (Fsp3) is 0.375. The summed E-state index contributed by atoms with van der Waals surface area (Å²) in [6, 6.07) is 0. The van der Waals surface area contributed by atoms with Crippen LogP contribution in [0.1, 0.15) is 6.42 Å². The summed E-state index contributed by atoms with van der Waals surface area (Å²) < 4.78 is 0. The third-order valence-electron chi connectivity index (χ3n) is 2.02. The molecule has 1 atom stereocenters. The lowest BCUT2D eigenvalue weighted by Crippen LogP contribution is -2.15. The Hall–Kier alpha value is -1.05. The van der Waals surface area contributed by atoms with Crippen LogP contribution in [-0.4, -0.2) is 12.3 Å². The van der Waals surface area contributed by atoms with E-state index in [9.17, 15) is 4.79 Å². The molecule has 0 spiro atoms. The van der Waals surface area contributed by atoms with Crippen molar-refractivity contribution in [2.45, 2.75) is 6.42 Å². The fourth-order valence-electron chi connectivity index (χ4n) is 1.47. The quantitative estimate of drug-likeness (QED) is 0.527. The van der Waals surface area contributed by atoms with Gasteiger partial charge in [0, 0.05) is 12.2 Å². The zero-order chi connectivity index (χ0) is 6.97. The van der Waals surface area contributed by atoms with E-state index in [0.29, 0.717) is 0 Å². The van der Waals surface area contributed by atoms with Gasteiger partial charge in [0.2, 0.25) is 0 Å². The maximum Gasteiger partial charge on any atom is 0.164 e. The largest absolute Gasteiger partial charge is 0.388 e. The number of fused-ring (bicyclic) bond motifs is 1. The summed E-state index contributed by atoms with van der Waals surface area (Å²) in [6.07, 6.45) is 6.42. The molecule has 2 aliphatic rings. The summed E-state index contributed by atoms with van der Waals surface area (Å²) in [5.74, 6) is 0.410. The Morgan fingerprint density at radius 3 is 3.30 bits per heavy atom. The molecule has 0 aromatic carbocycles. The molecule has 0 radical (unpaired) electrons. The van der Waals surface area contributed by atoms with Crippen molar-refractivity contribution in [1.29, 1.82) is 0 Å². The van der Waals surface area contributed by atoms with E-state index < -0.39 is 0 Å². The van der Waals surface area contributed by atoms with Crippen LogP contribution in [0.2, 0.25) is 0 Å². The van der Waals surface area contributed by atoms with E-state index in [1.807, 2.05) is 12.2 Å². The van der Waals surface area contributed by atoms with Crippen molar-refractivity contribution in [2.75, 3.05) is 6.54 Å². The standard InChI is InChI=1S/C8H9NO/c10-8-3-1-2-7-6(8)4-5-9-7/h1-3,6,9H,4-5H2. The monoisotopic (exact) mass is 135 g/mol. The van der Waals surface area contributed by atoms with E-state index in [4.69, 9.17) is 0 Å². The minimum Gasteiger partial charge on any atom is -0.388 e. The Morgan fingerprint density at radius 1 is 1.60 bits per heavy atom. The van der Waals surface area contributed by atoms with Crippen molar-refractivity contribution in [3.05, 3.63) is 23.9 Å². The van der Waals surface area contributed by atoms with Crippen molar-refractivity contribution in [1.82, 2.24) is 5.32 Å². The minimum atomic E-state index is 0.157. The second-order valence-electron chi connectivity index (χ2n) is 2.65. The second-order valence-corrected chi connectivity index (χ2v) is 2.65. The van der Waals surface area contributed by atoms with E-state index in [1.165, 1.54) is 0 Å². The summed E-state index contributed by atoms with van der Waals surface area (Å²) in [7, 11) is 0. The van der Waals surface area contributed by atoms with Gasteiger partial charge in [-0.25, -0.2) is 0 Å². The zero-order valence-corrected chi connectivity index (χ0v) is 5.63. The minimum absolute atomic E-state index is 0.157. The van der Waals surface area contributed by atoms with Crippen LogP contribution in [0.5, 0.6) is 0 Å². The molecule has 2 rings (SSSR count). The van der Waals surface area contributed by atoms with Gasteiger partial charge < -0.3 is 5.32 Å². The van der Waals surface area contributed by atoms with Gasteiger partial charge in [-0.2, -0.15) is 0 Å². The van der Waals surface area contributed by atoms with Crippen LogP contribution in [0.4, 0.5) is 0 Å².